The van der Waals surface area contributed by atoms with Gasteiger partial charge in [0.25, 0.3) is 5.91 Å². The maximum Gasteiger partial charge on any atom is 0.251 e. The molecule has 1 saturated carbocycles. The van der Waals surface area contributed by atoms with Gasteiger partial charge in [-0.2, -0.15) is 0 Å². The molecule has 0 radical (unpaired) electrons. The Balaban J connectivity index is 1.68. The number of nitrogens with one attached hydrogen (secondary N) is 2. The Morgan fingerprint density at radius 2 is 1.75 bits per heavy atom. The highest BCUT2D eigenvalue weighted by Crippen LogP contribution is 2.27. The quantitative estimate of drug-likeness (QED) is 0.742. The summed E-state index contributed by atoms with van der Waals surface area (Å²) in [5.41, 5.74) is 1.83. The molecule has 3 atom stereocenters. The molecular weight excluding hydrogens is 359 g/mol. The lowest BCUT2D eigenvalue weighted by Gasteiger charge is -2.17. The highest BCUT2D eigenvalue weighted by atomic mass is 19.1. The molecule has 2 aromatic rings. The molecule has 0 aliphatic heterocycles. The SMILES string of the molecule is CC(C)NC(=O)[C@@H]1C[C@@H](O)[C@H](NC(=O)c2cccc(-c3cccc(F)c3)c2)C1. The topological polar surface area (TPSA) is 78.4 Å². The van der Waals surface area contributed by atoms with Crippen molar-refractivity contribution in [2.75, 3.05) is 0 Å². The van der Waals surface area contributed by atoms with Gasteiger partial charge >= 0.3 is 0 Å². The highest BCUT2D eigenvalue weighted by molar-refractivity contribution is 5.95. The van der Waals surface area contributed by atoms with Crippen molar-refractivity contribution < 1.29 is 19.1 Å². The zero-order valence-electron chi connectivity index (χ0n) is 16.0. The molecule has 5 nitrogen and oxygen atoms in total. The van der Waals surface area contributed by atoms with Gasteiger partial charge in [0.1, 0.15) is 5.82 Å². The molecule has 0 bridgehead atoms. The first-order chi connectivity index (χ1) is 13.3. The molecule has 2 amide bonds. The van der Waals surface area contributed by atoms with Gasteiger partial charge in [-0.25, -0.2) is 4.39 Å². The van der Waals surface area contributed by atoms with Crippen molar-refractivity contribution in [2.45, 2.75) is 44.9 Å². The second-order valence-corrected chi connectivity index (χ2v) is 7.57. The predicted molar refractivity (Wildman–Crippen MR) is 105 cm³/mol. The third-order valence-electron chi connectivity index (χ3n) is 4.93. The van der Waals surface area contributed by atoms with Crippen molar-refractivity contribution in [1.82, 2.24) is 10.6 Å². The Bertz CT molecular complexity index is 868. The Hall–Kier alpha value is -2.73. The summed E-state index contributed by atoms with van der Waals surface area (Å²) in [7, 11) is 0. The maximum absolute atomic E-state index is 13.5. The maximum atomic E-state index is 13.5. The van der Waals surface area contributed by atoms with E-state index in [1.165, 1.54) is 12.1 Å². The summed E-state index contributed by atoms with van der Waals surface area (Å²) in [6, 6.07) is 12.6. The normalized spacial score (nSPS) is 21.5. The van der Waals surface area contributed by atoms with Gasteiger partial charge in [-0.3, -0.25) is 9.59 Å². The molecule has 0 spiro atoms. The highest BCUT2D eigenvalue weighted by Gasteiger charge is 2.37. The number of aliphatic hydroxyl groups is 1. The molecule has 1 aliphatic rings. The van der Waals surface area contributed by atoms with Gasteiger partial charge in [0, 0.05) is 17.5 Å². The third-order valence-corrected chi connectivity index (χ3v) is 4.93. The molecule has 3 rings (SSSR count). The van der Waals surface area contributed by atoms with Gasteiger partial charge in [-0.1, -0.05) is 24.3 Å². The molecule has 0 aromatic heterocycles. The van der Waals surface area contributed by atoms with Gasteiger partial charge in [-0.15, -0.1) is 0 Å². The van der Waals surface area contributed by atoms with Crippen LogP contribution in [0.5, 0.6) is 0 Å². The largest absolute Gasteiger partial charge is 0.391 e. The minimum absolute atomic E-state index is 0.0313. The summed E-state index contributed by atoms with van der Waals surface area (Å²) in [6.07, 6.45) is -0.0414. The predicted octanol–water partition coefficient (Wildman–Crippen LogP) is 2.89. The summed E-state index contributed by atoms with van der Waals surface area (Å²) in [4.78, 5) is 24.8. The van der Waals surface area contributed by atoms with Crippen LogP contribution in [0.25, 0.3) is 11.1 Å². The lowest BCUT2D eigenvalue weighted by Crippen LogP contribution is -2.40. The van der Waals surface area contributed by atoms with E-state index in [9.17, 15) is 19.1 Å². The number of aliphatic hydroxyl groups excluding tert-OH is 1. The van der Waals surface area contributed by atoms with Crippen LogP contribution >= 0.6 is 0 Å². The monoisotopic (exact) mass is 384 g/mol. The summed E-state index contributed by atoms with van der Waals surface area (Å²) < 4.78 is 13.5. The van der Waals surface area contributed by atoms with Gasteiger partial charge in [0.15, 0.2) is 0 Å². The van der Waals surface area contributed by atoms with Crippen LogP contribution in [0.3, 0.4) is 0 Å². The van der Waals surface area contributed by atoms with E-state index in [0.717, 1.165) is 5.56 Å². The number of hydrogen-bond donors (Lipinski definition) is 3. The van der Waals surface area contributed by atoms with Gasteiger partial charge < -0.3 is 15.7 Å². The average Bonchev–Trinajstić information content (AvgIpc) is 3.02. The number of carbonyl (C=O) groups excluding carboxylic acids is 2. The zero-order chi connectivity index (χ0) is 20.3. The first-order valence-electron chi connectivity index (χ1n) is 9.49. The van der Waals surface area contributed by atoms with E-state index in [0.29, 0.717) is 24.0 Å². The van der Waals surface area contributed by atoms with Crippen molar-refractivity contribution in [2.24, 2.45) is 5.92 Å². The van der Waals surface area contributed by atoms with E-state index < -0.39 is 12.1 Å². The summed E-state index contributed by atoms with van der Waals surface area (Å²) in [6.45, 7) is 3.77. The van der Waals surface area contributed by atoms with E-state index in [-0.39, 0.29) is 29.6 Å². The van der Waals surface area contributed by atoms with Crippen molar-refractivity contribution in [3.05, 3.63) is 59.9 Å². The lowest BCUT2D eigenvalue weighted by atomic mass is 10.0. The fraction of sp³-hybridized carbons (Fsp3) is 0.364. The van der Waals surface area contributed by atoms with Crippen LogP contribution in [0.4, 0.5) is 4.39 Å². The fourth-order valence-electron chi connectivity index (χ4n) is 3.55. The third kappa shape index (κ3) is 4.75. The Labute approximate surface area is 164 Å². The Kier molecular flexibility index (Phi) is 6.09. The van der Waals surface area contributed by atoms with Crippen LogP contribution in [0.1, 0.15) is 37.0 Å². The summed E-state index contributed by atoms with van der Waals surface area (Å²) in [5, 5.41) is 15.9. The van der Waals surface area contributed by atoms with Crippen molar-refractivity contribution in [3.8, 4) is 11.1 Å². The smallest absolute Gasteiger partial charge is 0.251 e. The molecule has 1 aliphatic carbocycles. The lowest BCUT2D eigenvalue weighted by molar-refractivity contribution is -0.125. The zero-order valence-corrected chi connectivity index (χ0v) is 16.0. The number of hydrogen-bond acceptors (Lipinski definition) is 3. The second kappa shape index (κ2) is 8.52. The number of carbonyl (C=O) groups is 2. The van der Waals surface area contributed by atoms with Crippen LogP contribution in [0.2, 0.25) is 0 Å². The van der Waals surface area contributed by atoms with Crippen LogP contribution in [0, 0.1) is 11.7 Å². The van der Waals surface area contributed by atoms with E-state index >= 15 is 0 Å². The first-order valence-corrected chi connectivity index (χ1v) is 9.49. The minimum Gasteiger partial charge on any atom is -0.391 e. The Morgan fingerprint density at radius 1 is 1.07 bits per heavy atom. The van der Waals surface area contributed by atoms with Crippen LogP contribution in [0.15, 0.2) is 48.5 Å². The number of benzene rings is 2. The van der Waals surface area contributed by atoms with Crippen LogP contribution < -0.4 is 10.6 Å². The molecule has 148 valence electrons. The molecule has 6 heteroatoms. The van der Waals surface area contributed by atoms with Gasteiger partial charge in [0.05, 0.1) is 12.1 Å². The van der Waals surface area contributed by atoms with Crippen LogP contribution in [-0.2, 0) is 4.79 Å². The number of halogens is 1. The minimum atomic E-state index is -0.765. The second-order valence-electron chi connectivity index (χ2n) is 7.57. The van der Waals surface area contributed by atoms with Crippen molar-refractivity contribution in [1.29, 1.82) is 0 Å². The standard InChI is InChI=1S/C22H25FN2O3/c1-13(2)24-22(28)17-11-19(20(26)12-17)25-21(27)16-7-3-5-14(9-16)15-6-4-8-18(23)10-15/h3-10,13,17,19-20,26H,11-12H2,1-2H3,(H,24,28)(H,25,27)/t17-,19+,20+/m0/s1. The van der Waals surface area contributed by atoms with E-state index in [4.69, 9.17) is 0 Å². The number of rotatable bonds is 5. The molecule has 28 heavy (non-hydrogen) atoms. The van der Waals surface area contributed by atoms with Crippen LogP contribution in [-0.4, -0.2) is 35.1 Å². The average molecular weight is 384 g/mol. The first kappa shape index (κ1) is 20.0. The van der Waals surface area contributed by atoms with E-state index in [2.05, 4.69) is 10.6 Å². The molecule has 3 N–H and O–H groups in total. The van der Waals surface area contributed by atoms with Crippen molar-refractivity contribution in [3.63, 3.8) is 0 Å². The molecule has 2 aromatic carbocycles. The molecule has 1 fully saturated rings. The molecular formula is C22H25FN2O3. The summed E-state index contributed by atoms with van der Waals surface area (Å²) in [5.74, 6) is -1.08. The van der Waals surface area contributed by atoms with E-state index in [1.807, 2.05) is 19.9 Å². The number of amides is 2. The van der Waals surface area contributed by atoms with Gasteiger partial charge in [0.2, 0.25) is 5.91 Å². The summed E-state index contributed by atoms with van der Waals surface area (Å²) >= 11 is 0. The fourth-order valence-corrected chi connectivity index (χ4v) is 3.55. The molecule has 0 heterocycles. The van der Waals surface area contributed by atoms with Crippen molar-refractivity contribution >= 4 is 11.8 Å². The Morgan fingerprint density at radius 3 is 2.43 bits per heavy atom. The molecule has 0 saturated heterocycles. The molecule has 0 unspecified atom stereocenters. The van der Waals surface area contributed by atoms with E-state index in [1.54, 1.807) is 30.3 Å². The van der Waals surface area contributed by atoms with Gasteiger partial charge in [-0.05, 0) is 62.1 Å².